The number of rotatable bonds is 4. The van der Waals surface area contributed by atoms with Crippen LogP contribution in [-0.2, 0) is 17.9 Å². The normalized spacial score (nSPS) is 30.7. The molecule has 2 aliphatic rings. The van der Waals surface area contributed by atoms with Gasteiger partial charge in [-0.2, -0.15) is 0 Å². The van der Waals surface area contributed by atoms with E-state index in [1.54, 1.807) is 0 Å². The molecule has 3 atom stereocenters. The molecule has 2 N–H and O–H groups in total. The van der Waals surface area contributed by atoms with Gasteiger partial charge in [0.25, 0.3) is 0 Å². The maximum Gasteiger partial charge on any atom is 0.0681 e. The first kappa shape index (κ1) is 15.0. The highest BCUT2D eigenvalue weighted by atomic mass is 16.5. The highest BCUT2D eigenvalue weighted by Gasteiger charge is 2.37. The van der Waals surface area contributed by atoms with Gasteiger partial charge in [0, 0.05) is 25.0 Å². The molecule has 3 rings (SSSR count). The first-order valence-corrected chi connectivity index (χ1v) is 7.96. The zero-order valence-corrected chi connectivity index (χ0v) is 12.4. The van der Waals surface area contributed by atoms with E-state index < -0.39 is 0 Å². The minimum absolute atomic E-state index is 0.0920. The average Bonchev–Trinajstić information content (AvgIpc) is 2.95. The van der Waals surface area contributed by atoms with Crippen molar-refractivity contribution >= 4 is 0 Å². The Morgan fingerprint density at radius 1 is 1.14 bits per heavy atom. The van der Waals surface area contributed by atoms with Crippen molar-refractivity contribution < 1.29 is 14.9 Å². The Balaban J connectivity index is 1.68. The Kier molecular flexibility index (Phi) is 4.91. The number of aliphatic hydroxyl groups is 2. The van der Waals surface area contributed by atoms with Crippen LogP contribution in [0.4, 0.5) is 0 Å². The summed E-state index contributed by atoms with van der Waals surface area (Å²) < 4.78 is 5.66. The maximum atomic E-state index is 10.2. The second kappa shape index (κ2) is 6.88. The van der Waals surface area contributed by atoms with E-state index in [2.05, 4.69) is 17.0 Å². The van der Waals surface area contributed by atoms with Crippen LogP contribution in [-0.4, -0.2) is 47.0 Å². The number of hydrogen-bond donors (Lipinski definition) is 2. The maximum absolute atomic E-state index is 10.2. The number of hydrogen-bond acceptors (Lipinski definition) is 4. The van der Waals surface area contributed by atoms with E-state index in [1.165, 1.54) is 5.56 Å². The molecule has 1 saturated heterocycles. The van der Waals surface area contributed by atoms with Crippen LogP contribution in [0.3, 0.4) is 0 Å². The number of aliphatic hydroxyl groups excluding tert-OH is 2. The van der Waals surface area contributed by atoms with Crippen LogP contribution in [0.5, 0.6) is 0 Å². The van der Waals surface area contributed by atoms with E-state index in [0.717, 1.165) is 51.1 Å². The molecule has 1 aromatic rings. The van der Waals surface area contributed by atoms with Crippen LogP contribution in [0, 0.1) is 5.92 Å². The van der Waals surface area contributed by atoms with Crippen molar-refractivity contribution in [3.63, 3.8) is 0 Å². The molecule has 4 heteroatoms. The summed E-state index contributed by atoms with van der Waals surface area (Å²) in [7, 11) is 0. The Morgan fingerprint density at radius 2 is 1.90 bits per heavy atom. The molecule has 4 nitrogen and oxygen atoms in total. The zero-order valence-electron chi connectivity index (χ0n) is 12.4. The molecular formula is C17H25NO3. The highest BCUT2D eigenvalue weighted by molar-refractivity contribution is 5.22. The fourth-order valence-electron chi connectivity index (χ4n) is 3.65. The van der Waals surface area contributed by atoms with Gasteiger partial charge in [0.2, 0.25) is 0 Å². The topological polar surface area (TPSA) is 52.9 Å². The monoisotopic (exact) mass is 291 g/mol. The van der Waals surface area contributed by atoms with E-state index >= 15 is 0 Å². The third-order valence-corrected chi connectivity index (χ3v) is 4.90. The van der Waals surface area contributed by atoms with Gasteiger partial charge in [0.1, 0.15) is 0 Å². The van der Waals surface area contributed by atoms with E-state index in [1.807, 2.05) is 12.1 Å². The summed E-state index contributed by atoms with van der Waals surface area (Å²) in [5.74, 6) is 0.349. The lowest BCUT2D eigenvalue weighted by atomic mass is 9.94. The molecule has 0 radical (unpaired) electrons. The average molecular weight is 291 g/mol. The molecular weight excluding hydrogens is 266 g/mol. The fraction of sp³-hybridized carbons (Fsp3) is 0.647. The Hall–Kier alpha value is -0.940. The van der Waals surface area contributed by atoms with Crippen molar-refractivity contribution in [2.75, 3.05) is 19.8 Å². The molecule has 1 aliphatic carbocycles. The molecule has 1 aliphatic heterocycles. The van der Waals surface area contributed by atoms with Gasteiger partial charge in [-0.1, -0.05) is 30.7 Å². The molecule has 0 unspecified atom stereocenters. The van der Waals surface area contributed by atoms with Gasteiger partial charge >= 0.3 is 0 Å². The van der Waals surface area contributed by atoms with Crippen LogP contribution >= 0.6 is 0 Å². The minimum Gasteiger partial charge on any atom is -0.393 e. The number of benzene rings is 1. The standard InChI is InChI=1S/C17H25NO3/c19-11-14-6-4-13(5-7-14)10-18-8-9-21-12-16(18)15-2-1-3-17(15)20/h4-7,15-17,19-20H,1-3,8-12H2/t15-,16+,17-/m0/s1. The summed E-state index contributed by atoms with van der Waals surface area (Å²) >= 11 is 0. The summed E-state index contributed by atoms with van der Waals surface area (Å²) in [6.45, 7) is 3.41. The third kappa shape index (κ3) is 3.46. The SMILES string of the molecule is OCc1ccc(CN2CCOC[C@@H]2[C@@H]2CCC[C@@H]2O)cc1. The lowest BCUT2D eigenvalue weighted by molar-refractivity contribution is -0.0536. The van der Waals surface area contributed by atoms with Crippen LogP contribution in [0.15, 0.2) is 24.3 Å². The second-order valence-corrected chi connectivity index (χ2v) is 6.25. The second-order valence-electron chi connectivity index (χ2n) is 6.25. The summed E-state index contributed by atoms with van der Waals surface area (Å²) in [5.41, 5.74) is 2.20. The van der Waals surface area contributed by atoms with E-state index in [-0.39, 0.29) is 12.7 Å². The summed E-state index contributed by atoms with van der Waals surface area (Å²) in [6, 6.07) is 8.46. The van der Waals surface area contributed by atoms with E-state index in [9.17, 15) is 5.11 Å². The minimum atomic E-state index is -0.170. The summed E-state index contributed by atoms with van der Waals surface area (Å²) in [6.07, 6.45) is 2.99. The van der Waals surface area contributed by atoms with E-state index in [4.69, 9.17) is 9.84 Å². The molecule has 1 aromatic carbocycles. The lowest BCUT2D eigenvalue weighted by Crippen LogP contribution is -2.50. The first-order valence-electron chi connectivity index (χ1n) is 7.96. The van der Waals surface area contributed by atoms with Gasteiger partial charge in [0.15, 0.2) is 0 Å². The van der Waals surface area contributed by atoms with Crippen molar-refractivity contribution in [1.82, 2.24) is 4.90 Å². The van der Waals surface area contributed by atoms with Crippen molar-refractivity contribution in [3.05, 3.63) is 35.4 Å². The van der Waals surface area contributed by atoms with E-state index in [0.29, 0.717) is 12.0 Å². The largest absolute Gasteiger partial charge is 0.393 e. The highest BCUT2D eigenvalue weighted by Crippen LogP contribution is 2.32. The van der Waals surface area contributed by atoms with Gasteiger partial charge in [-0.25, -0.2) is 0 Å². The predicted molar refractivity (Wildman–Crippen MR) is 80.7 cm³/mol. The quantitative estimate of drug-likeness (QED) is 0.883. The third-order valence-electron chi connectivity index (χ3n) is 4.90. The number of ether oxygens (including phenoxy) is 1. The van der Waals surface area contributed by atoms with Gasteiger partial charge in [-0.05, 0) is 24.0 Å². The zero-order chi connectivity index (χ0) is 14.7. The van der Waals surface area contributed by atoms with Crippen LogP contribution in [0.25, 0.3) is 0 Å². The molecule has 21 heavy (non-hydrogen) atoms. The van der Waals surface area contributed by atoms with Crippen LogP contribution in [0.2, 0.25) is 0 Å². The molecule has 1 saturated carbocycles. The molecule has 0 aromatic heterocycles. The molecule has 116 valence electrons. The van der Waals surface area contributed by atoms with Crippen molar-refractivity contribution in [1.29, 1.82) is 0 Å². The van der Waals surface area contributed by atoms with Crippen molar-refractivity contribution in [2.24, 2.45) is 5.92 Å². The number of nitrogens with zero attached hydrogens (tertiary/aromatic N) is 1. The summed E-state index contributed by atoms with van der Waals surface area (Å²) in [4.78, 5) is 2.46. The Morgan fingerprint density at radius 3 is 2.57 bits per heavy atom. The Labute approximate surface area is 126 Å². The van der Waals surface area contributed by atoms with Crippen molar-refractivity contribution in [2.45, 2.75) is 44.6 Å². The van der Waals surface area contributed by atoms with Gasteiger partial charge in [0.05, 0.1) is 25.9 Å². The fourth-order valence-corrected chi connectivity index (χ4v) is 3.65. The van der Waals surface area contributed by atoms with Gasteiger partial charge < -0.3 is 14.9 Å². The molecule has 0 spiro atoms. The molecule has 2 fully saturated rings. The number of morpholine rings is 1. The predicted octanol–water partition coefficient (Wildman–Crippen LogP) is 1.54. The first-order chi connectivity index (χ1) is 10.3. The van der Waals surface area contributed by atoms with Crippen LogP contribution in [0.1, 0.15) is 30.4 Å². The smallest absolute Gasteiger partial charge is 0.0681 e. The molecule has 0 amide bonds. The lowest BCUT2D eigenvalue weighted by Gasteiger charge is -2.40. The molecule has 1 heterocycles. The Bertz CT molecular complexity index is 448. The van der Waals surface area contributed by atoms with Gasteiger partial charge in [-0.15, -0.1) is 0 Å². The van der Waals surface area contributed by atoms with Gasteiger partial charge in [-0.3, -0.25) is 4.90 Å². The summed E-state index contributed by atoms with van der Waals surface area (Å²) in [5, 5.41) is 19.3. The van der Waals surface area contributed by atoms with Crippen LogP contribution < -0.4 is 0 Å². The molecule has 0 bridgehead atoms. The van der Waals surface area contributed by atoms with Crippen molar-refractivity contribution in [3.8, 4) is 0 Å².